The van der Waals surface area contributed by atoms with Gasteiger partial charge in [0.05, 0.1) is 17.1 Å². The van der Waals surface area contributed by atoms with Crippen LogP contribution in [-0.4, -0.2) is 35.2 Å². The van der Waals surface area contributed by atoms with Gasteiger partial charge >= 0.3 is 0 Å². The molecule has 2 aliphatic rings. The van der Waals surface area contributed by atoms with Gasteiger partial charge in [0.1, 0.15) is 5.75 Å². The Morgan fingerprint density at radius 1 is 1.14 bits per heavy atom. The minimum atomic E-state index is -0.164. The van der Waals surface area contributed by atoms with Gasteiger partial charge in [-0.25, -0.2) is 4.68 Å². The highest BCUT2D eigenvalue weighted by atomic mass is 16.5. The van der Waals surface area contributed by atoms with Crippen LogP contribution in [0.3, 0.4) is 0 Å². The van der Waals surface area contributed by atoms with E-state index in [1.54, 1.807) is 18.1 Å². The Hall–Kier alpha value is -3.61. The molecule has 2 aromatic carbocycles. The standard InChI is InChI=1S/C21H18N4O3/c1-24-18-11-16-14(9-19(18)28-12-21(24)27)15(10-20(26)23-16)17-7-8-22-25(17)13-5-3-2-4-6-13/h2-9,11,15H,10,12H2,1H3,(H,23,26)/t15-/m0/s1. The fourth-order valence-corrected chi connectivity index (χ4v) is 3.85. The van der Waals surface area contributed by atoms with Crippen molar-refractivity contribution in [2.75, 3.05) is 23.9 Å². The van der Waals surface area contributed by atoms with E-state index in [0.717, 1.165) is 16.9 Å². The van der Waals surface area contributed by atoms with Gasteiger partial charge in [0.15, 0.2) is 6.61 Å². The predicted molar refractivity (Wildman–Crippen MR) is 104 cm³/mol. The molecule has 3 heterocycles. The molecular formula is C21H18N4O3. The molecule has 3 aromatic rings. The molecule has 1 atom stereocenters. The lowest BCUT2D eigenvalue weighted by atomic mass is 9.87. The van der Waals surface area contributed by atoms with Crippen molar-refractivity contribution in [1.82, 2.24) is 9.78 Å². The molecule has 0 radical (unpaired) electrons. The number of aromatic nitrogens is 2. The molecule has 7 nitrogen and oxygen atoms in total. The maximum Gasteiger partial charge on any atom is 0.264 e. The molecule has 5 rings (SSSR count). The van der Waals surface area contributed by atoms with Gasteiger partial charge in [-0.1, -0.05) is 18.2 Å². The zero-order valence-electron chi connectivity index (χ0n) is 15.3. The quantitative estimate of drug-likeness (QED) is 0.748. The largest absolute Gasteiger partial charge is 0.482 e. The van der Waals surface area contributed by atoms with Crippen LogP contribution in [0.15, 0.2) is 54.7 Å². The van der Waals surface area contributed by atoms with E-state index in [1.807, 2.05) is 53.2 Å². The van der Waals surface area contributed by atoms with Gasteiger partial charge in [-0.3, -0.25) is 9.59 Å². The average molecular weight is 374 g/mol. The first-order valence-electron chi connectivity index (χ1n) is 9.08. The summed E-state index contributed by atoms with van der Waals surface area (Å²) in [7, 11) is 1.71. The van der Waals surface area contributed by atoms with E-state index in [4.69, 9.17) is 4.74 Å². The third kappa shape index (κ3) is 2.55. The number of amides is 2. The van der Waals surface area contributed by atoms with Gasteiger partial charge in [-0.15, -0.1) is 0 Å². The lowest BCUT2D eigenvalue weighted by Crippen LogP contribution is -2.36. The summed E-state index contributed by atoms with van der Waals surface area (Å²) in [5, 5.41) is 7.40. The van der Waals surface area contributed by atoms with Crippen LogP contribution in [0, 0.1) is 0 Å². The van der Waals surface area contributed by atoms with Gasteiger partial charge in [-0.05, 0) is 35.9 Å². The molecule has 1 aromatic heterocycles. The zero-order valence-corrected chi connectivity index (χ0v) is 15.3. The molecular weight excluding hydrogens is 356 g/mol. The van der Waals surface area contributed by atoms with Crippen LogP contribution >= 0.6 is 0 Å². The lowest BCUT2D eigenvalue weighted by molar-refractivity contribution is -0.121. The van der Waals surface area contributed by atoms with Crippen LogP contribution in [0.5, 0.6) is 5.75 Å². The number of fused-ring (bicyclic) bond motifs is 2. The van der Waals surface area contributed by atoms with E-state index in [-0.39, 0.29) is 24.3 Å². The summed E-state index contributed by atoms with van der Waals surface area (Å²) in [6, 6.07) is 15.5. The Bertz CT molecular complexity index is 1090. The van der Waals surface area contributed by atoms with Crippen LogP contribution < -0.4 is 15.0 Å². The van der Waals surface area contributed by atoms with Crippen LogP contribution in [-0.2, 0) is 9.59 Å². The molecule has 0 unspecified atom stereocenters. The third-order valence-corrected chi connectivity index (χ3v) is 5.29. The Morgan fingerprint density at radius 2 is 1.96 bits per heavy atom. The second kappa shape index (κ2) is 6.23. The monoisotopic (exact) mass is 374 g/mol. The van der Waals surface area contributed by atoms with E-state index >= 15 is 0 Å². The van der Waals surface area contributed by atoms with E-state index in [0.29, 0.717) is 23.5 Å². The number of benzene rings is 2. The number of nitrogens with zero attached hydrogens (tertiary/aromatic N) is 3. The lowest BCUT2D eigenvalue weighted by Gasteiger charge is -2.31. The van der Waals surface area contributed by atoms with Gasteiger partial charge in [0.25, 0.3) is 5.91 Å². The minimum absolute atomic E-state index is 0.0151. The van der Waals surface area contributed by atoms with Crippen LogP contribution in [0.1, 0.15) is 23.6 Å². The highest BCUT2D eigenvalue weighted by molar-refractivity contribution is 6.01. The van der Waals surface area contributed by atoms with Gasteiger partial charge in [0, 0.05) is 31.3 Å². The topological polar surface area (TPSA) is 76.5 Å². The van der Waals surface area contributed by atoms with Crippen molar-refractivity contribution in [3.05, 3.63) is 66.0 Å². The van der Waals surface area contributed by atoms with Gasteiger partial charge < -0.3 is 15.0 Å². The first kappa shape index (κ1) is 16.6. The van der Waals surface area contributed by atoms with E-state index in [9.17, 15) is 9.59 Å². The van der Waals surface area contributed by atoms with Crippen molar-refractivity contribution in [2.45, 2.75) is 12.3 Å². The van der Waals surface area contributed by atoms with Crippen molar-refractivity contribution < 1.29 is 14.3 Å². The van der Waals surface area contributed by atoms with Crippen molar-refractivity contribution in [3.63, 3.8) is 0 Å². The van der Waals surface area contributed by atoms with Crippen LogP contribution in [0.25, 0.3) is 5.69 Å². The molecule has 140 valence electrons. The summed E-state index contributed by atoms with van der Waals surface area (Å²) in [5.74, 6) is 0.299. The maximum absolute atomic E-state index is 12.4. The highest BCUT2D eigenvalue weighted by Crippen LogP contribution is 2.44. The summed E-state index contributed by atoms with van der Waals surface area (Å²) >= 11 is 0. The predicted octanol–water partition coefficient (Wildman–Crippen LogP) is 2.70. The number of hydrogen-bond acceptors (Lipinski definition) is 4. The SMILES string of the molecule is CN1C(=O)COc2cc3c(cc21)NC(=O)C[C@@H]3c1ccnn1-c1ccccc1. The zero-order chi connectivity index (χ0) is 19.3. The Balaban J connectivity index is 1.64. The number of para-hydroxylation sites is 1. The normalized spacial score (nSPS) is 18.2. The summed E-state index contributed by atoms with van der Waals surface area (Å²) < 4.78 is 7.52. The number of anilines is 2. The van der Waals surface area contributed by atoms with E-state index < -0.39 is 0 Å². The molecule has 0 fully saturated rings. The van der Waals surface area contributed by atoms with Crippen LogP contribution in [0.2, 0.25) is 0 Å². The third-order valence-electron chi connectivity index (χ3n) is 5.29. The fourth-order valence-electron chi connectivity index (χ4n) is 3.85. The van der Waals surface area contributed by atoms with Crippen molar-refractivity contribution in [1.29, 1.82) is 0 Å². The molecule has 2 aliphatic heterocycles. The molecule has 0 saturated heterocycles. The molecule has 0 saturated carbocycles. The Kier molecular flexibility index (Phi) is 3.68. The van der Waals surface area contributed by atoms with Gasteiger partial charge in [-0.2, -0.15) is 5.10 Å². The average Bonchev–Trinajstić information content (AvgIpc) is 3.20. The smallest absolute Gasteiger partial charge is 0.264 e. The summed E-state index contributed by atoms with van der Waals surface area (Å²) in [6.45, 7) is 0.0151. The number of likely N-dealkylation sites (N-methyl/N-ethyl adjacent to an activating group) is 1. The first-order chi connectivity index (χ1) is 13.6. The molecule has 7 heteroatoms. The molecule has 2 amide bonds. The number of nitrogens with one attached hydrogen (secondary N) is 1. The Labute approximate surface area is 161 Å². The number of carbonyl (C=O) groups is 2. The van der Waals surface area contributed by atoms with Crippen molar-refractivity contribution in [2.24, 2.45) is 0 Å². The maximum atomic E-state index is 12.4. The summed E-state index contributed by atoms with van der Waals surface area (Å²) in [4.78, 5) is 25.9. The summed E-state index contributed by atoms with van der Waals surface area (Å²) in [6.07, 6.45) is 2.06. The number of carbonyl (C=O) groups excluding carboxylic acids is 2. The Morgan fingerprint density at radius 3 is 2.79 bits per heavy atom. The number of ether oxygens (including phenoxy) is 1. The van der Waals surface area contributed by atoms with E-state index in [1.165, 1.54) is 0 Å². The highest BCUT2D eigenvalue weighted by Gasteiger charge is 2.33. The molecule has 0 spiro atoms. The molecule has 1 N–H and O–H groups in total. The molecule has 28 heavy (non-hydrogen) atoms. The second-order valence-electron chi connectivity index (χ2n) is 6.96. The number of rotatable bonds is 2. The van der Waals surface area contributed by atoms with Crippen molar-refractivity contribution in [3.8, 4) is 11.4 Å². The van der Waals surface area contributed by atoms with Crippen LogP contribution in [0.4, 0.5) is 11.4 Å². The molecule has 0 bridgehead atoms. The first-order valence-corrected chi connectivity index (χ1v) is 9.08. The minimum Gasteiger partial charge on any atom is -0.482 e. The number of hydrogen-bond donors (Lipinski definition) is 1. The second-order valence-corrected chi connectivity index (χ2v) is 6.96. The van der Waals surface area contributed by atoms with E-state index in [2.05, 4.69) is 10.4 Å². The van der Waals surface area contributed by atoms with Gasteiger partial charge in [0.2, 0.25) is 5.91 Å². The molecule has 0 aliphatic carbocycles. The van der Waals surface area contributed by atoms with Crippen molar-refractivity contribution >= 4 is 23.2 Å². The summed E-state index contributed by atoms with van der Waals surface area (Å²) in [5.41, 5.74) is 4.19. The fraction of sp³-hybridized carbons (Fsp3) is 0.190.